The molecule has 116 valence electrons. The minimum absolute atomic E-state index is 0.246. The van der Waals surface area contributed by atoms with Crippen LogP contribution in [0.2, 0.25) is 5.15 Å². The first-order valence-electron chi connectivity index (χ1n) is 7.62. The molecule has 1 amide bonds. The lowest BCUT2D eigenvalue weighted by atomic mass is 9.87. The molecule has 5 nitrogen and oxygen atoms in total. The van der Waals surface area contributed by atoms with Crippen LogP contribution in [0.1, 0.15) is 43.8 Å². The summed E-state index contributed by atoms with van der Waals surface area (Å²) < 4.78 is 2.71. The van der Waals surface area contributed by atoms with E-state index in [1.165, 1.54) is 0 Å². The molecule has 0 saturated carbocycles. The van der Waals surface area contributed by atoms with Gasteiger partial charge in [0.05, 0.1) is 0 Å². The third-order valence-corrected chi connectivity index (χ3v) is 5.64. The molecule has 2 aromatic rings. The number of amides is 1. The molecule has 0 bridgehead atoms. The average Bonchev–Trinajstić information content (AvgIpc) is 2.86. The first kappa shape index (κ1) is 14.5. The van der Waals surface area contributed by atoms with Crippen LogP contribution in [0.25, 0.3) is 5.52 Å². The van der Waals surface area contributed by atoms with Gasteiger partial charge >= 0.3 is 0 Å². The van der Waals surface area contributed by atoms with Gasteiger partial charge in [-0.25, -0.2) is 9.97 Å². The SMILES string of the molecule is O=C1CCC[C@H]2CC[C@@H](c3nc(Br)c4c(Cl)nccn34)CN12. The minimum Gasteiger partial charge on any atom is -0.339 e. The van der Waals surface area contributed by atoms with E-state index in [9.17, 15) is 4.79 Å². The standard InChI is InChI=1S/C15H16BrClN4O/c16-13-12-14(17)18-6-7-20(12)15(19-13)9-4-5-10-2-1-3-11(22)21(10)8-9/h6-7,9-10H,1-5,8H2/t9-,10+/m1/s1. The van der Waals surface area contributed by atoms with Crippen LogP contribution in [0.3, 0.4) is 0 Å². The number of piperidine rings is 2. The van der Waals surface area contributed by atoms with Crippen molar-refractivity contribution < 1.29 is 4.79 Å². The van der Waals surface area contributed by atoms with Crippen LogP contribution in [0.5, 0.6) is 0 Å². The topological polar surface area (TPSA) is 50.5 Å². The fourth-order valence-electron chi connectivity index (χ4n) is 3.75. The van der Waals surface area contributed by atoms with Gasteiger partial charge in [0.15, 0.2) is 5.15 Å². The Labute approximate surface area is 141 Å². The van der Waals surface area contributed by atoms with Crippen molar-refractivity contribution in [2.75, 3.05) is 6.54 Å². The van der Waals surface area contributed by atoms with Crippen LogP contribution >= 0.6 is 27.5 Å². The molecule has 0 N–H and O–H groups in total. The number of fused-ring (bicyclic) bond motifs is 2. The van der Waals surface area contributed by atoms with E-state index < -0.39 is 0 Å². The van der Waals surface area contributed by atoms with Crippen molar-refractivity contribution in [2.45, 2.75) is 44.1 Å². The summed E-state index contributed by atoms with van der Waals surface area (Å²) in [7, 11) is 0. The third kappa shape index (κ3) is 2.24. The summed E-state index contributed by atoms with van der Waals surface area (Å²) in [6, 6.07) is 0.428. The Kier molecular flexibility index (Phi) is 3.61. The second-order valence-electron chi connectivity index (χ2n) is 6.06. The Balaban J connectivity index is 1.71. The molecule has 2 saturated heterocycles. The number of halogens is 2. The second-order valence-corrected chi connectivity index (χ2v) is 7.17. The highest BCUT2D eigenvalue weighted by molar-refractivity contribution is 9.10. The monoisotopic (exact) mass is 382 g/mol. The lowest BCUT2D eigenvalue weighted by molar-refractivity contribution is -0.138. The minimum atomic E-state index is 0.246. The number of carbonyl (C=O) groups excluding carboxylic acids is 1. The highest BCUT2D eigenvalue weighted by Crippen LogP contribution is 2.36. The van der Waals surface area contributed by atoms with Crippen molar-refractivity contribution in [1.82, 2.24) is 19.3 Å². The quantitative estimate of drug-likeness (QED) is 0.758. The lowest BCUT2D eigenvalue weighted by Gasteiger charge is -2.42. The molecule has 22 heavy (non-hydrogen) atoms. The van der Waals surface area contributed by atoms with Crippen molar-refractivity contribution in [1.29, 1.82) is 0 Å². The molecule has 0 unspecified atom stereocenters. The first-order valence-corrected chi connectivity index (χ1v) is 8.79. The van der Waals surface area contributed by atoms with E-state index in [1.807, 2.05) is 10.6 Å². The predicted molar refractivity (Wildman–Crippen MR) is 87.0 cm³/mol. The number of carbonyl (C=O) groups is 1. The van der Waals surface area contributed by atoms with E-state index in [0.29, 0.717) is 28.1 Å². The Morgan fingerprint density at radius 3 is 3.05 bits per heavy atom. The highest BCUT2D eigenvalue weighted by Gasteiger charge is 2.36. The van der Waals surface area contributed by atoms with Crippen molar-refractivity contribution in [2.24, 2.45) is 0 Å². The molecule has 4 heterocycles. The Bertz CT molecular complexity index is 746. The fourth-order valence-corrected chi connectivity index (χ4v) is 4.66. The van der Waals surface area contributed by atoms with Crippen molar-refractivity contribution in [3.63, 3.8) is 0 Å². The number of hydrogen-bond donors (Lipinski definition) is 0. The van der Waals surface area contributed by atoms with E-state index in [1.54, 1.807) is 6.20 Å². The second kappa shape index (κ2) is 5.49. The Morgan fingerprint density at radius 1 is 1.32 bits per heavy atom. The normalized spacial score (nSPS) is 25.5. The third-order valence-electron chi connectivity index (χ3n) is 4.81. The van der Waals surface area contributed by atoms with Crippen LogP contribution in [-0.4, -0.2) is 37.8 Å². The largest absolute Gasteiger partial charge is 0.339 e. The van der Waals surface area contributed by atoms with Gasteiger partial charge in [0.1, 0.15) is 15.9 Å². The number of aromatic nitrogens is 3. The zero-order chi connectivity index (χ0) is 15.3. The number of rotatable bonds is 1. The van der Waals surface area contributed by atoms with Crippen LogP contribution in [0.15, 0.2) is 17.0 Å². The summed E-state index contributed by atoms with van der Waals surface area (Å²) in [5.41, 5.74) is 0.797. The summed E-state index contributed by atoms with van der Waals surface area (Å²) >= 11 is 9.66. The summed E-state index contributed by atoms with van der Waals surface area (Å²) in [5, 5.41) is 0.441. The zero-order valence-corrected chi connectivity index (χ0v) is 14.3. The molecule has 2 fully saturated rings. The molecular weight excluding hydrogens is 368 g/mol. The molecule has 2 atom stereocenters. The maximum atomic E-state index is 12.2. The van der Waals surface area contributed by atoms with Gasteiger partial charge in [-0.2, -0.15) is 0 Å². The smallest absolute Gasteiger partial charge is 0.222 e. The number of nitrogens with zero attached hydrogens (tertiary/aromatic N) is 4. The van der Waals surface area contributed by atoms with Crippen LogP contribution in [0, 0.1) is 0 Å². The average molecular weight is 384 g/mol. The molecule has 2 aromatic heterocycles. The molecule has 0 radical (unpaired) electrons. The van der Waals surface area contributed by atoms with E-state index in [4.69, 9.17) is 11.6 Å². The van der Waals surface area contributed by atoms with Gasteiger partial charge in [0.2, 0.25) is 5.91 Å². The van der Waals surface area contributed by atoms with Crippen LogP contribution in [-0.2, 0) is 4.79 Å². The van der Waals surface area contributed by atoms with Crippen LogP contribution in [0.4, 0.5) is 0 Å². The van der Waals surface area contributed by atoms with Gasteiger partial charge in [0, 0.05) is 37.3 Å². The summed E-state index contributed by atoms with van der Waals surface area (Å²) in [4.78, 5) is 23.0. The van der Waals surface area contributed by atoms with Gasteiger partial charge in [-0.15, -0.1) is 0 Å². The van der Waals surface area contributed by atoms with E-state index in [0.717, 1.165) is 43.6 Å². The molecule has 7 heteroatoms. The van der Waals surface area contributed by atoms with Crippen molar-refractivity contribution >= 4 is 39.0 Å². The van der Waals surface area contributed by atoms with Crippen molar-refractivity contribution in [3.8, 4) is 0 Å². The Morgan fingerprint density at radius 2 is 2.18 bits per heavy atom. The maximum absolute atomic E-state index is 12.2. The van der Waals surface area contributed by atoms with Gasteiger partial charge in [-0.1, -0.05) is 11.6 Å². The number of hydrogen-bond acceptors (Lipinski definition) is 3. The highest BCUT2D eigenvalue weighted by atomic mass is 79.9. The van der Waals surface area contributed by atoms with Crippen molar-refractivity contribution in [3.05, 3.63) is 28.0 Å². The van der Waals surface area contributed by atoms with Gasteiger partial charge < -0.3 is 4.90 Å². The molecular formula is C15H16BrClN4O. The summed E-state index contributed by atoms with van der Waals surface area (Å²) in [6.07, 6.45) is 8.54. The molecule has 0 spiro atoms. The number of imidazole rings is 1. The summed E-state index contributed by atoms with van der Waals surface area (Å²) in [6.45, 7) is 0.759. The predicted octanol–water partition coefficient (Wildman–Crippen LogP) is 3.40. The molecule has 4 rings (SSSR count). The van der Waals surface area contributed by atoms with Gasteiger partial charge in [0.25, 0.3) is 0 Å². The molecule has 2 aliphatic rings. The summed E-state index contributed by atoms with van der Waals surface area (Å²) in [5.74, 6) is 1.50. The van der Waals surface area contributed by atoms with Gasteiger partial charge in [-0.05, 0) is 41.6 Å². The first-order chi connectivity index (χ1) is 10.6. The van der Waals surface area contributed by atoms with E-state index in [-0.39, 0.29) is 5.92 Å². The lowest BCUT2D eigenvalue weighted by Crippen LogP contribution is -2.48. The molecule has 0 aliphatic carbocycles. The maximum Gasteiger partial charge on any atom is 0.222 e. The van der Waals surface area contributed by atoms with Gasteiger partial charge in [-0.3, -0.25) is 9.20 Å². The fraction of sp³-hybridized carbons (Fsp3) is 0.533. The zero-order valence-electron chi connectivity index (χ0n) is 12.0. The Hall–Kier alpha value is -1.14. The van der Waals surface area contributed by atoms with E-state index in [2.05, 4.69) is 30.8 Å². The molecule has 0 aromatic carbocycles. The molecule has 2 aliphatic heterocycles. The van der Waals surface area contributed by atoms with Crippen LogP contribution < -0.4 is 0 Å². The van der Waals surface area contributed by atoms with E-state index >= 15 is 0 Å².